The Kier molecular flexibility index (Phi) is 6.20. The lowest BCUT2D eigenvalue weighted by molar-refractivity contribution is -0.128. The Morgan fingerprint density at radius 1 is 1.53 bits per heavy atom. The van der Waals surface area contributed by atoms with E-state index in [-0.39, 0.29) is 5.91 Å². The van der Waals surface area contributed by atoms with Crippen molar-refractivity contribution in [2.24, 2.45) is 0 Å². The van der Waals surface area contributed by atoms with Crippen molar-refractivity contribution in [1.29, 1.82) is 0 Å². The van der Waals surface area contributed by atoms with Crippen LogP contribution in [0.4, 0.5) is 0 Å². The van der Waals surface area contributed by atoms with Gasteiger partial charge in [0.1, 0.15) is 0 Å². The molecule has 1 aliphatic rings. The Morgan fingerprint density at radius 2 is 2.32 bits per heavy atom. The molecule has 0 bridgehead atoms. The van der Waals surface area contributed by atoms with E-state index in [0.717, 1.165) is 26.2 Å². The Morgan fingerprint density at radius 3 is 2.95 bits per heavy atom. The maximum Gasteiger partial charge on any atom is 0.232 e. The van der Waals surface area contributed by atoms with Crippen LogP contribution in [-0.2, 0) is 11.3 Å². The van der Waals surface area contributed by atoms with Crippen LogP contribution in [0.15, 0.2) is 17.5 Å². The summed E-state index contributed by atoms with van der Waals surface area (Å²) in [6.07, 6.45) is 2.38. The average molecular weight is 298 g/mol. The SMILES string of the molecule is CCN(Cc1cccs1)C(=O)CSC1CCNCC1. The van der Waals surface area contributed by atoms with Crippen LogP contribution >= 0.6 is 23.1 Å². The fraction of sp³-hybridized carbons (Fsp3) is 0.643. The minimum absolute atomic E-state index is 0.277. The lowest BCUT2D eigenvalue weighted by Gasteiger charge is -2.24. The average Bonchev–Trinajstić information content (AvgIpc) is 2.96. The fourth-order valence-corrected chi connectivity index (χ4v) is 4.06. The van der Waals surface area contributed by atoms with Crippen molar-refractivity contribution in [3.63, 3.8) is 0 Å². The number of rotatable bonds is 6. The van der Waals surface area contributed by atoms with Gasteiger partial charge in [0.2, 0.25) is 5.91 Å². The monoisotopic (exact) mass is 298 g/mol. The highest BCUT2D eigenvalue weighted by Crippen LogP contribution is 2.21. The zero-order chi connectivity index (χ0) is 13.5. The number of hydrogen-bond acceptors (Lipinski definition) is 4. The van der Waals surface area contributed by atoms with Crippen LogP contribution in [0.25, 0.3) is 0 Å². The van der Waals surface area contributed by atoms with Crippen molar-refractivity contribution in [2.75, 3.05) is 25.4 Å². The van der Waals surface area contributed by atoms with Gasteiger partial charge in [0.05, 0.1) is 12.3 Å². The first-order valence-corrected chi connectivity index (χ1v) is 8.85. The second-order valence-corrected chi connectivity index (χ2v) is 7.07. The zero-order valence-electron chi connectivity index (χ0n) is 11.4. The second-order valence-electron chi connectivity index (χ2n) is 4.75. The van der Waals surface area contributed by atoms with Gasteiger partial charge in [0, 0.05) is 16.7 Å². The largest absolute Gasteiger partial charge is 0.337 e. The number of thioether (sulfide) groups is 1. The molecule has 0 radical (unpaired) electrons. The first kappa shape index (κ1) is 14.9. The van der Waals surface area contributed by atoms with Gasteiger partial charge < -0.3 is 10.2 Å². The van der Waals surface area contributed by atoms with Crippen molar-refractivity contribution in [3.8, 4) is 0 Å². The van der Waals surface area contributed by atoms with Gasteiger partial charge in [-0.3, -0.25) is 4.79 Å². The van der Waals surface area contributed by atoms with E-state index in [9.17, 15) is 4.79 Å². The molecule has 5 heteroatoms. The Hall–Kier alpha value is -0.520. The van der Waals surface area contributed by atoms with E-state index in [1.165, 1.54) is 17.7 Å². The minimum Gasteiger partial charge on any atom is -0.337 e. The normalized spacial score (nSPS) is 16.5. The number of nitrogens with zero attached hydrogens (tertiary/aromatic N) is 1. The first-order chi connectivity index (χ1) is 9.29. The predicted octanol–water partition coefficient (Wildman–Crippen LogP) is 2.58. The van der Waals surface area contributed by atoms with Gasteiger partial charge in [0.15, 0.2) is 0 Å². The lowest BCUT2D eigenvalue weighted by Crippen LogP contribution is -2.33. The van der Waals surface area contributed by atoms with Crippen molar-refractivity contribution < 1.29 is 4.79 Å². The molecule has 0 aliphatic carbocycles. The summed E-state index contributed by atoms with van der Waals surface area (Å²) in [6, 6.07) is 4.14. The van der Waals surface area contributed by atoms with Gasteiger partial charge in [-0.15, -0.1) is 23.1 Å². The summed E-state index contributed by atoms with van der Waals surface area (Å²) in [5.74, 6) is 0.906. The van der Waals surface area contributed by atoms with Gasteiger partial charge in [-0.2, -0.15) is 0 Å². The lowest BCUT2D eigenvalue weighted by atomic mass is 10.2. The summed E-state index contributed by atoms with van der Waals surface area (Å²) in [5.41, 5.74) is 0. The van der Waals surface area contributed by atoms with Gasteiger partial charge in [0.25, 0.3) is 0 Å². The van der Waals surface area contributed by atoms with Gasteiger partial charge >= 0.3 is 0 Å². The molecule has 2 heterocycles. The van der Waals surface area contributed by atoms with Crippen molar-refractivity contribution >= 4 is 29.0 Å². The molecule has 0 unspecified atom stereocenters. The molecule has 1 aromatic heterocycles. The van der Waals surface area contributed by atoms with E-state index in [2.05, 4.69) is 23.7 Å². The Bertz CT molecular complexity index is 375. The number of piperidine rings is 1. The summed E-state index contributed by atoms with van der Waals surface area (Å²) in [4.78, 5) is 15.5. The van der Waals surface area contributed by atoms with Crippen molar-refractivity contribution in [1.82, 2.24) is 10.2 Å². The van der Waals surface area contributed by atoms with Crippen LogP contribution < -0.4 is 5.32 Å². The molecule has 1 aliphatic heterocycles. The molecule has 1 saturated heterocycles. The molecule has 106 valence electrons. The summed E-state index contributed by atoms with van der Waals surface area (Å²) in [7, 11) is 0. The molecule has 3 nitrogen and oxygen atoms in total. The molecule has 0 atom stereocenters. The Balaban J connectivity index is 1.76. The third-order valence-electron chi connectivity index (χ3n) is 3.39. The topological polar surface area (TPSA) is 32.3 Å². The highest BCUT2D eigenvalue weighted by Gasteiger charge is 2.18. The van der Waals surface area contributed by atoms with Crippen LogP contribution in [0.2, 0.25) is 0 Å². The number of carbonyl (C=O) groups excluding carboxylic acids is 1. The second kappa shape index (κ2) is 7.92. The van der Waals surface area contributed by atoms with E-state index in [4.69, 9.17) is 0 Å². The van der Waals surface area contributed by atoms with Gasteiger partial charge in [-0.25, -0.2) is 0 Å². The molecule has 2 rings (SSSR count). The highest BCUT2D eigenvalue weighted by atomic mass is 32.2. The van der Waals surface area contributed by atoms with Crippen LogP contribution in [0.3, 0.4) is 0 Å². The van der Waals surface area contributed by atoms with E-state index in [1.54, 1.807) is 11.3 Å². The molecule has 0 saturated carbocycles. The van der Waals surface area contributed by atoms with Crippen LogP contribution in [-0.4, -0.2) is 41.4 Å². The fourth-order valence-electron chi connectivity index (χ4n) is 2.21. The summed E-state index contributed by atoms with van der Waals surface area (Å²) >= 11 is 3.56. The van der Waals surface area contributed by atoms with E-state index in [0.29, 0.717) is 11.0 Å². The molecule has 1 amide bonds. The third-order valence-corrected chi connectivity index (χ3v) is 5.61. The summed E-state index contributed by atoms with van der Waals surface area (Å²) < 4.78 is 0. The molecular formula is C14H22N2OS2. The maximum absolute atomic E-state index is 12.2. The maximum atomic E-state index is 12.2. The van der Waals surface area contributed by atoms with Crippen molar-refractivity contribution in [2.45, 2.75) is 31.6 Å². The quantitative estimate of drug-likeness (QED) is 0.876. The van der Waals surface area contributed by atoms with Crippen LogP contribution in [0.1, 0.15) is 24.6 Å². The standard InChI is InChI=1S/C14H22N2OS2/c1-2-16(10-13-4-3-9-18-13)14(17)11-19-12-5-7-15-8-6-12/h3-4,9,12,15H,2,5-8,10-11H2,1H3. The van der Waals surface area contributed by atoms with Gasteiger partial charge in [-0.05, 0) is 44.3 Å². The number of nitrogens with one attached hydrogen (secondary N) is 1. The molecule has 1 aromatic rings. The number of thiophene rings is 1. The molecule has 0 aromatic carbocycles. The van der Waals surface area contributed by atoms with Crippen LogP contribution in [0.5, 0.6) is 0 Å². The number of amides is 1. The smallest absolute Gasteiger partial charge is 0.232 e. The van der Waals surface area contributed by atoms with Crippen molar-refractivity contribution in [3.05, 3.63) is 22.4 Å². The molecule has 19 heavy (non-hydrogen) atoms. The predicted molar refractivity (Wildman–Crippen MR) is 83.8 cm³/mol. The molecule has 0 spiro atoms. The van der Waals surface area contributed by atoms with E-state index < -0.39 is 0 Å². The summed E-state index contributed by atoms with van der Waals surface area (Å²) in [6.45, 7) is 5.81. The Labute approximate surface area is 123 Å². The number of carbonyl (C=O) groups is 1. The molecular weight excluding hydrogens is 276 g/mol. The van der Waals surface area contributed by atoms with E-state index >= 15 is 0 Å². The third kappa shape index (κ3) is 4.82. The van der Waals surface area contributed by atoms with Crippen LogP contribution in [0, 0.1) is 0 Å². The molecule has 1 N–H and O–H groups in total. The summed E-state index contributed by atoms with van der Waals surface area (Å²) in [5, 5.41) is 6.08. The van der Waals surface area contributed by atoms with E-state index in [1.807, 2.05) is 22.7 Å². The molecule has 1 fully saturated rings. The first-order valence-electron chi connectivity index (χ1n) is 6.92. The minimum atomic E-state index is 0.277. The number of hydrogen-bond donors (Lipinski definition) is 1. The zero-order valence-corrected chi connectivity index (χ0v) is 13.1. The van der Waals surface area contributed by atoms with Gasteiger partial charge in [-0.1, -0.05) is 6.07 Å². The highest BCUT2D eigenvalue weighted by molar-refractivity contribution is 8.00.